The standard InChI is InChI=1S/C8H13Si.C5H5.Zr/c1-9(2,3)8-6-4-5-7-8;1-2-4-5-3-1;/h4,6H,5H2,1-3H3;1-3H,4H2;/q2*-1;+2. The van der Waals surface area contributed by atoms with Crippen molar-refractivity contribution < 1.29 is 26.2 Å². The van der Waals surface area contributed by atoms with E-state index >= 15 is 0 Å². The third-order valence-corrected chi connectivity index (χ3v) is 4.05. The second kappa shape index (κ2) is 7.35. The summed E-state index contributed by atoms with van der Waals surface area (Å²) in [6.07, 6.45) is 18.8. The van der Waals surface area contributed by atoms with Gasteiger partial charge in [0.1, 0.15) is 0 Å². The monoisotopic (exact) mass is 292 g/mol. The van der Waals surface area contributed by atoms with E-state index in [-0.39, 0.29) is 26.2 Å². The van der Waals surface area contributed by atoms with Crippen LogP contribution in [-0.2, 0) is 26.2 Å². The van der Waals surface area contributed by atoms with Gasteiger partial charge in [0, 0.05) is 8.07 Å². The topological polar surface area (TPSA) is 0 Å². The molecule has 0 bridgehead atoms. The van der Waals surface area contributed by atoms with E-state index in [9.17, 15) is 0 Å². The molecule has 0 aromatic carbocycles. The van der Waals surface area contributed by atoms with E-state index in [1.807, 2.05) is 12.2 Å². The van der Waals surface area contributed by atoms with Crippen molar-refractivity contribution >= 4 is 8.07 Å². The first kappa shape index (κ1) is 15.1. The van der Waals surface area contributed by atoms with Gasteiger partial charge in [-0.3, -0.25) is 12.2 Å². The minimum Gasteiger partial charge on any atom is -0.274 e. The van der Waals surface area contributed by atoms with Gasteiger partial charge < -0.3 is 0 Å². The molecule has 0 saturated carbocycles. The molecule has 0 unspecified atom stereocenters. The molecule has 0 heterocycles. The summed E-state index contributed by atoms with van der Waals surface area (Å²) in [7, 11) is -1.01. The zero-order valence-electron chi connectivity index (χ0n) is 9.80. The largest absolute Gasteiger partial charge is 2.00 e. The van der Waals surface area contributed by atoms with Crippen LogP contribution in [0.3, 0.4) is 0 Å². The first-order chi connectivity index (χ1) is 6.61. The molecule has 0 aliphatic heterocycles. The molecule has 2 aliphatic carbocycles. The van der Waals surface area contributed by atoms with Crippen LogP contribution in [0.15, 0.2) is 35.6 Å². The summed E-state index contributed by atoms with van der Waals surface area (Å²) in [5.41, 5.74) is 0. The van der Waals surface area contributed by atoms with Crippen molar-refractivity contribution in [3.63, 3.8) is 0 Å². The van der Waals surface area contributed by atoms with Crippen molar-refractivity contribution in [3.05, 3.63) is 47.7 Å². The SMILES string of the molecule is C[Si](C)(C)C1=[C-]CC=C1.[C-]1=CC=CC1.[Zr+2]. The number of allylic oxidation sites excluding steroid dienone is 8. The normalized spacial score (nSPS) is 16.9. The smallest absolute Gasteiger partial charge is 0.274 e. The molecule has 78 valence electrons. The van der Waals surface area contributed by atoms with E-state index in [1.165, 1.54) is 5.20 Å². The zero-order valence-corrected chi connectivity index (χ0v) is 13.3. The fourth-order valence-corrected chi connectivity index (χ4v) is 2.51. The molecule has 15 heavy (non-hydrogen) atoms. The predicted molar refractivity (Wildman–Crippen MR) is 65.4 cm³/mol. The van der Waals surface area contributed by atoms with Gasteiger partial charge in [0.2, 0.25) is 0 Å². The third kappa shape index (κ3) is 6.27. The summed E-state index contributed by atoms with van der Waals surface area (Å²) in [6, 6.07) is 0. The molecule has 0 atom stereocenters. The molecule has 0 aromatic rings. The molecule has 0 N–H and O–H groups in total. The molecule has 0 saturated heterocycles. The van der Waals surface area contributed by atoms with Crippen LogP contribution in [0.2, 0.25) is 19.6 Å². The minimum atomic E-state index is -1.01. The molecule has 2 heteroatoms. The molecule has 2 rings (SSSR count). The summed E-state index contributed by atoms with van der Waals surface area (Å²) in [6.45, 7) is 7.06. The first-order valence-electron chi connectivity index (χ1n) is 5.10. The zero-order chi connectivity index (χ0) is 10.4. The second-order valence-corrected chi connectivity index (χ2v) is 9.49. The maximum atomic E-state index is 3.36. The Labute approximate surface area is 114 Å². The van der Waals surface area contributed by atoms with E-state index in [2.05, 4.69) is 50.0 Å². The number of hydrogen-bond donors (Lipinski definition) is 0. The van der Waals surface area contributed by atoms with Crippen LogP contribution in [-0.4, -0.2) is 8.07 Å². The third-order valence-electron chi connectivity index (χ3n) is 2.09. The minimum absolute atomic E-state index is 0. The van der Waals surface area contributed by atoms with Crippen LogP contribution in [0.4, 0.5) is 0 Å². The summed E-state index contributed by atoms with van der Waals surface area (Å²) in [5, 5.41) is 1.49. The average molecular weight is 294 g/mol. The van der Waals surface area contributed by atoms with E-state index in [1.54, 1.807) is 0 Å². The first-order valence-corrected chi connectivity index (χ1v) is 8.60. The van der Waals surface area contributed by atoms with E-state index < -0.39 is 8.07 Å². The van der Waals surface area contributed by atoms with Gasteiger partial charge in [0.05, 0.1) is 0 Å². The quantitative estimate of drug-likeness (QED) is 0.509. The fourth-order valence-electron chi connectivity index (χ4n) is 1.26. The summed E-state index contributed by atoms with van der Waals surface area (Å²) >= 11 is 0. The van der Waals surface area contributed by atoms with E-state index in [0.29, 0.717) is 0 Å². The van der Waals surface area contributed by atoms with Gasteiger partial charge in [-0.1, -0.05) is 19.6 Å². The molecule has 0 amide bonds. The molecule has 0 radical (unpaired) electrons. The van der Waals surface area contributed by atoms with Crippen LogP contribution in [0.1, 0.15) is 12.8 Å². The van der Waals surface area contributed by atoms with Gasteiger partial charge >= 0.3 is 26.2 Å². The molecular weight excluding hydrogens is 275 g/mol. The van der Waals surface area contributed by atoms with Crippen LogP contribution in [0, 0.1) is 12.2 Å². The molecule has 0 nitrogen and oxygen atoms in total. The van der Waals surface area contributed by atoms with Crippen LogP contribution >= 0.6 is 0 Å². The van der Waals surface area contributed by atoms with Crippen molar-refractivity contribution in [2.45, 2.75) is 32.5 Å². The molecule has 0 fully saturated rings. The van der Waals surface area contributed by atoms with Gasteiger partial charge in [-0.15, -0.1) is 12.8 Å². The molecule has 2 aliphatic rings. The van der Waals surface area contributed by atoms with Crippen molar-refractivity contribution in [1.29, 1.82) is 0 Å². The maximum absolute atomic E-state index is 3.36. The Hall–Kier alpha value is 0.0600. The summed E-state index contributed by atoms with van der Waals surface area (Å²) < 4.78 is 0. The van der Waals surface area contributed by atoms with Crippen molar-refractivity contribution in [3.8, 4) is 0 Å². The van der Waals surface area contributed by atoms with Gasteiger partial charge in [0.15, 0.2) is 0 Å². The van der Waals surface area contributed by atoms with Crippen molar-refractivity contribution in [1.82, 2.24) is 0 Å². The van der Waals surface area contributed by atoms with Crippen molar-refractivity contribution in [2.24, 2.45) is 0 Å². The van der Waals surface area contributed by atoms with Crippen LogP contribution in [0.25, 0.3) is 0 Å². The molecule has 0 aromatic heterocycles. The average Bonchev–Trinajstić information content (AvgIpc) is 2.80. The van der Waals surface area contributed by atoms with Gasteiger partial charge in [0.25, 0.3) is 0 Å². The Morgan fingerprint density at radius 1 is 1.13 bits per heavy atom. The number of rotatable bonds is 1. The number of hydrogen-bond acceptors (Lipinski definition) is 0. The second-order valence-electron chi connectivity index (χ2n) is 4.45. The Morgan fingerprint density at radius 2 is 1.87 bits per heavy atom. The van der Waals surface area contributed by atoms with Gasteiger partial charge in [-0.2, -0.15) is 12.2 Å². The summed E-state index contributed by atoms with van der Waals surface area (Å²) in [4.78, 5) is 0. The van der Waals surface area contributed by atoms with E-state index in [4.69, 9.17) is 0 Å². The van der Waals surface area contributed by atoms with E-state index in [0.717, 1.165) is 12.8 Å². The van der Waals surface area contributed by atoms with Crippen molar-refractivity contribution in [2.75, 3.05) is 0 Å². The fraction of sp³-hybridized carbons (Fsp3) is 0.385. The summed E-state index contributed by atoms with van der Waals surface area (Å²) in [5.74, 6) is 0. The van der Waals surface area contributed by atoms with Gasteiger partial charge in [-0.05, 0) is 0 Å². The Bertz CT molecular complexity index is 280. The Morgan fingerprint density at radius 3 is 2.07 bits per heavy atom. The van der Waals surface area contributed by atoms with Crippen LogP contribution in [0.5, 0.6) is 0 Å². The molecular formula is C13H18SiZr. The molecule has 0 spiro atoms. The Kier molecular flexibility index (Phi) is 7.38. The van der Waals surface area contributed by atoms with Crippen LogP contribution < -0.4 is 0 Å². The maximum Gasteiger partial charge on any atom is 2.00 e. The predicted octanol–water partition coefficient (Wildman–Crippen LogP) is 3.86. The Balaban J connectivity index is 0.000000280. The van der Waals surface area contributed by atoms with Gasteiger partial charge in [-0.25, -0.2) is 23.4 Å².